The Bertz CT molecular complexity index is 2890. The van der Waals surface area contributed by atoms with E-state index in [0.29, 0.717) is 24.8 Å². The average Bonchev–Trinajstić information content (AvgIpc) is 3.42. The number of pyridine rings is 2. The highest BCUT2D eigenvalue weighted by Gasteiger charge is 2.51. The number of hydrogen-bond donors (Lipinski definition) is 1. The van der Waals surface area contributed by atoms with Crippen molar-refractivity contribution in [2.75, 3.05) is 52.5 Å². The number of alkyl halides is 9. The van der Waals surface area contributed by atoms with Crippen molar-refractivity contribution in [1.82, 2.24) is 24.3 Å². The Morgan fingerprint density at radius 3 is 1.71 bits per heavy atom. The highest BCUT2D eigenvalue weighted by atomic mass is 19.4. The van der Waals surface area contributed by atoms with Crippen LogP contribution in [0.1, 0.15) is 125 Å². The van der Waals surface area contributed by atoms with Crippen molar-refractivity contribution >= 4 is 23.4 Å². The molecule has 0 saturated carbocycles. The third-order valence-corrected chi connectivity index (χ3v) is 14.9. The number of rotatable bonds is 22. The second kappa shape index (κ2) is 24.9. The SMILES string of the molecule is CCOC(=O)C[C@H](NC(=O)C(CC(C)C)n1cc(CCN2CC(COC(=O)C(CC(C)C)n3cc(CCN4CCC4)c(C(F)(F)F)cc3=O)C2)c(C(F)(F)F)cc1=O)C1(C)CC(c2c(C)cc(F)cc2C)=CC(C(F)(F)F)=C1F. The van der Waals surface area contributed by atoms with Crippen LogP contribution in [0, 0.1) is 42.8 Å². The second-order valence-corrected chi connectivity index (χ2v) is 22.1. The minimum Gasteiger partial charge on any atom is -0.466 e. The number of amides is 1. The van der Waals surface area contributed by atoms with E-state index in [0.717, 1.165) is 60.1 Å². The zero-order chi connectivity index (χ0) is 58.7. The van der Waals surface area contributed by atoms with Crippen molar-refractivity contribution in [3.8, 4) is 0 Å². The number of esters is 2. The van der Waals surface area contributed by atoms with Gasteiger partial charge in [0, 0.05) is 62.0 Å². The van der Waals surface area contributed by atoms with Gasteiger partial charge in [-0.25, -0.2) is 13.6 Å². The highest BCUT2D eigenvalue weighted by molar-refractivity contribution is 5.83. The van der Waals surface area contributed by atoms with E-state index >= 15 is 4.39 Å². The van der Waals surface area contributed by atoms with E-state index in [1.165, 1.54) is 20.8 Å². The number of aryl methyl sites for hydroxylation is 2. The van der Waals surface area contributed by atoms with Crippen molar-refractivity contribution in [2.45, 2.75) is 137 Å². The van der Waals surface area contributed by atoms with Gasteiger partial charge in [-0.3, -0.25) is 19.2 Å². The topological polar surface area (TPSA) is 132 Å². The average molecular weight is 1130 g/mol. The third-order valence-electron chi connectivity index (χ3n) is 14.9. The summed E-state index contributed by atoms with van der Waals surface area (Å²) in [6.45, 7) is 14.1. The monoisotopic (exact) mass is 1130 g/mol. The fourth-order valence-corrected chi connectivity index (χ4v) is 10.8. The normalized spacial score (nSPS) is 19.0. The van der Waals surface area contributed by atoms with Gasteiger partial charge in [-0.1, -0.05) is 34.6 Å². The van der Waals surface area contributed by atoms with E-state index in [1.807, 2.05) is 4.90 Å². The first-order valence-corrected chi connectivity index (χ1v) is 26.4. The maximum Gasteiger partial charge on any atom is 0.418 e. The molecular weight excluding hydrogens is 1060 g/mol. The summed E-state index contributed by atoms with van der Waals surface area (Å²) in [4.78, 5) is 72.2. The molecule has 3 aliphatic rings. The van der Waals surface area contributed by atoms with E-state index in [-0.39, 0.29) is 98.2 Å². The number of halogens is 11. The maximum absolute atomic E-state index is 16.8. The maximum atomic E-state index is 16.8. The first kappa shape index (κ1) is 62.4. The Morgan fingerprint density at radius 2 is 1.24 bits per heavy atom. The van der Waals surface area contributed by atoms with Crippen molar-refractivity contribution in [3.05, 3.63) is 120 Å². The second-order valence-electron chi connectivity index (χ2n) is 22.1. The number of hydrogen-bond acceptors (Lipinski definition) is 9. The van der Waals surface area contributed by atoms with Crippen LogP contribution in [0.4, 0.5) is 48.3 Å². The lowest BCUT2D eigenvalue weighted by Crippen LogP contribution is -2.52. The molecular formula is C56H68F11N5O7. The van der Waals surface area contributed by atoms with Crippen LogP contribution in [-0.2, 0) is 49.1 Å². The predicted octanol–water partition coefficient (Wildman–Crippen LogP) is 10.7. The van der Waals surface area contributed by atoms with Gasteiger partial charge in [-0.2, -0.15) is 39.5 Å². The Balaban J connectivity index is 1.22. The van der Waals surface area contributed by atoms with Gasteiger partial charge >= 0.3 is 30.5 Å². The molecule has 2 aromatic heterocycles. The molecule has 0 spiro atoms. The number of nitrogens with one attached hydrogen (secondary N) is 1. The smallest absolute Gasteiger partial charge is 0.418 e. The Kier molecular flexibility index (Phi) is 19.6. The van der Waals surface area contributed by atoms with E-state index in [1.54, 1.807) is 32.6 Å². The molecule has 0 radical (unpaired) electrons. The molecule has 79 heavy (non-hydrogen) atoms. The number of aromatic nitrogens is 2. The van der Waals surface area contributed by atoms with E-state index in [9.17, 15) is 67.9 Å². The van der Waals surface area contributed by atoms with Crippen LogP contribution in [0.25, 0.3) is 5.57 Å². The number of benzene rings is 1. The van der Waals surface area contributed by atoms with Crippen LogP contribution >= 0.6 is 0 Å². The van der Waals surface area contributed by atoms with Gasteiger partial charge in [0.25, 0.3) is 11.1 Å². The largest absolute Gasteiger partial charge is 0.466 e. The zero-order valence-electron chi connectivity index (χ0n) is 45.4. The first-order valence-electron chi connectivity index (χ1n) is 26.4. The molecule has 4 atom stereocenters. The summed E-state index contributed by atoms with van der Waals surface area (Å²) in [7, 11) is 0. The Labute approximate surface area is 451 Å². The molecule has 12 nitrogen and oxygen atoms in total. The molecule has 1 amide bonds. The third kappa shape index (κ3) is 15.1. The fourth-order valence-electron chi connectivity index (χ4n) is 10.8. The van der Waals surface area contributed by atoms with Gasteiger partial charge in [0.2, 0.25) is 5.91 Å². The Hall–Kier alpha value is -5.84. The van der Waals surface area contributed by atoms with E-state index < -0.39 is 124 Å². The van der Waals surface area contributed by atoms with Crippen molar-refractivity contribution in [3.63, 3.8) is 0 Å². The summed E-state index contributed by atoms with van der Waals surface area (Å²) in [5.74, 6) is -6.37. The molecule has 2 fully saturated rings. The molecule has 4 heterocycles. The molecule has 23 heteroatoms. The van der Waals surface area contributed by atoms with Gasteiger partial charge in [0.1, 0.15) is 23.7 Å². The lowest BCUT2D eigenvalue weighted by atomic mass is 9.68. The molecule has 1 N–H and O–H groups in total. The summed E-state index contributed by atoms with van der Waals surface area (Å²) in [5, 5.41) is 2.51. The number of carbonyl (C=O) groups excluding carboxylic acids is 3. The van der Waals surface area contributed by atoms with Crippen LogP contribution in [-0.4, -0.2) is 101 Å². The summed E-state index contributed by atoms with van der Waals surface area (Å²) >= 11 is 0. The lowest BCUT2D eigenvalue weighted by Gasteiger charge is -2.41. The standard InChI is InChI=1S/C56H68F11N5O7/c1-9-78-48(75)24-45(53(8)25-38(21-42(50(53)58)56(65,66)67)49-33(6)19-39(57)20-34(49)7)68-51(76)43(17-31(2)3)71-28-37(40(22-46(71)73)54(59,60)61)12-16-70-26-35(27-70)30-79-52(77)44(18-32(4)5)72-29-36(11-15-69-13-10-14-69)41(23-47(72)74)55(62,63)64/h19-23,28-29,31-32,35,43-45H,9-18,24-27,30H2,1-8H3,(H,68,76)/t43?,44?,45-,53?/m0/s1. The first-order chi connectivity index (χ1) is 36.7. The van der Waals surface area contributed by atoms with Gasteiger partial charge in [-0.15, -0.1) is 0 Å². The van der Waals surface area contributed by atoms with Crippen molar-refractivity contribution in [2.24, 2.45) is 23.2 Å². The van der Waals surface area contributed by atoms with Gasteiger partial charge < -0.3 is 33.7 Å². The fraction of sp³-hybridized carbons (Fsp3) is 0.589. The van der Waals surface area contributed by atoms with Crippen LogP contribution in [0.3, 0.4) is 0 Å². The van der Waals surface area contributed by atoms with Crippen LogP contribution < -0.4 is 16.4 Å². The molecule has 436 valence electrons. The molecule has 2 aliphatic heterocycles. The Morgan fingerprint density at radius 1 is 0.734 bits per heavy atom. The van der Waals surface area contributed by atoms with E-state index in [4.69, 9.17) is 9.47 Å². The number of carbonyl (C=O) groups is 3. The summed E-state index contributed by atoms with van der Waals surface area (Å²) in [6, 6.07) is -1.70. The zero-order valence-corrected chi connectivity index (χ0v) is 45.4. The summed E-state index contributed by atoms with van der Waals surface area (Å²) in [5.41, 5.74) is -8.74. The minimum atomic E-state index is -5.30. The lowest BCUT2D eigenvalue weighted by molar-refractivity contribution is -0.151. The van der Waals surface area contributed by atoms with Crippen LogP contribution in [0.5, 0.6) is 0 Å². The number of nitrogens with zero attached hydrogens (tertiary/aromatic N) is 4. The van der Waals surface area contributed by atoms with Gasteiger partial charge in [0.15, 0.2) is 0 Å². The van der Waals surface area contributed by atoms with Crippen molar-refractivity contribution < 1.29 is 72.2 Å². The van der Waals surface area contributed by atoms with E-state index in [2.05, 4.69) is 5.32 Å². The quantitative estimate of drug-likeness (QED) is 0.0771. The molecule has 1 aliphatic carbocycles. The molecule has 2 saturated heterocycles. The van der Waals surface area contributed by atoms with Crippen LogP contribution in [0.15, 0.2) is 63.7 Å². The number of ether oxygens (including phenoxy) is 2. The van der Waals surface area contributed by atoms with Crippen molar-refractivity contribution in [1.29, 1.82) is 0 Å². The summed E-state index contributed by atoms with van der Waals surface area (Å²) < 4.78 is 174. The number of likely N-dealkylation sites (tertiary alicyclic amines) is 2. The van der Waals surface area contributed by atoms with Crippen LogP contribution in [0.2, 0.25) is 0 Å². The molecule has 1 aromatic carbocycles. The predicted molar refractivity (Wildman–Crippen MR) is 272 cm³/mol. The molecule has 6 rings (SSSR count). The summed E-state index contributed by atoms with van der Waals surface area (Å²) in [6.07, 6.45) is -13.6. The molecule has 3 aromatic rings. The highest BCUT2D eigenvalue weighted by Crippen LogP contribution is 2.52. The number of allylic oxidation sites excluding steroid dienone is 3. The molecule has 3 unspecified atom stereocenters. The minimum absolute atomic E-state index is 0.00726. The molecule has 0 bridgehead atoms. The van der Waals surface area contributed by atoms with Gasteiger partial charge in [-0.05, 0) is 136 Å². The van der Waals surface area contributed by atoms with Gasteiger partial charge in [0.05, 0.1) is 42.4 Å².